The number of hydrogen-bond acceptors (Lipinski definition) is 4. The van der Waals surface area contributed by atoms with E-state index in [4.69, 9.17) is 4.74 Å². The Hall–Kier alpha value is -3.38. The predicted molar refractivity (Wildman–Crippen MR) is 124 cm³/mol. The van der Waals surface area contributed by atoms with Gasteiger partial charge in [-0.1, -0.05) is 18.2 Å². The fraction of sp³-hybridized carbons (Fsp3) is 0.280. The Bertz CT molecular complexity index is 1300. The lowest BCUT2D eigenvalue weighted by molar-refractivity contribution is 0.122. The van der Waals surface area contributed by atoms with Gasteiger partial charge in [0.1, 0.15) is 5.65 Å². The number of pyridine rings is 2. The highest BCUT2D eigenvalue weighted by molar-refractivity contribution is 5.95. The first-order chi connectivity index (χ1) is 15.1. The molecule has 3 aromatic heterocycles. The highest BCUT2D eigenvalue weighted by Gasteiger charge is 2.15. The Labute approximate surface area is 181 Å². The molecule has 0 amide bonds. The maximum atomic E-state index is 12.9. The molecule has 31 heavy (non-hydrogen) atoms. The van der Waals surface area contributed by atoms with Crippen molar-refractivity contribution in [3.05, 3.63) is 82.0 Å². The van der Waals surface area contributed by atoms with Crippen molar-refractivity contribution in [2.24, 2.45) is 0 Å². The maximum Gasteiger partial charge on any atom is 0.251 e. The molecule has 1 fully saturated rings. The van der Waals surface area contributed by atoms with Crippen molar-refractivity contribution in [2.75, 3.05) is 31.2 Å². The van der Waals surface area contributed by atoms with Gasteiger partial charge in [-0.25, -0.2) is 4.98 Å². The van der Waals surface area contributed by atoms with Crippen LogP contribution in [0, 0.1) is 13.8 Å². The quantitative estimate of drug-likeness (QED) is 0.550. The van der Waals surface area contributed by atoms with Gasteiger partial charge in [-0.15, -0.1) is 0 Å². The van der Waals surface area contributed by atoms with Crippen molar-refractivity contribution in [1.82, 2.24) is 14.5 Å². The van der Waals surface area contributed by atoms with Crippen LogP contribution in [0.1, 0.15) is 16.7 Å². The molecular weight excluding hydrogens is 388 g/mol. The number of morpholine rings is 1. The van der Waals surface area contributed by atoms with Crippen LogP contribution in [0.5, 0.6) is 0 Å². The molecule has 0 atom stereocenters. The Balaban J connectivity index is 1.46. The third kappa shape index (κ3) is 3.86. The number of anilines is 1. The van der Waals surface area contributed by atoms with Crippen LogP contribution < -0.4 is 10.5 Å². The number of H-pyrrole nitrogens is 1. The largest absolute Gasteiger partial charge is 0.378 e. The van der Waals surface area contributed by atoms with Crippen LogP contribution in [-0.2, 0) is 11.3 Å². The molecule has 1 N–H and O–H groups in total. The van der Waals surface area contributed by atoms with Crippen molar-refractivity contribution in [3.8, 4) is 11.1 Å². The van der Waals surface area contributed by atoms with Gasteiger partial charge in [-0.2, -0.15) is 0 Å². The molecule has 0 aliphatic carbocycles. The Kier molecular flexibility index (Phi) is 5.08. The van der Waals surface area contributed by atoms with E-state index in [-0.39, 0.29) is 5.56 Å². The van der Waals surface area contributed by atoms with E-state index in [2.05, 4.69) is 53.0 Å². The van der Waals surface area contributed by atoms with Crippen molar-refractivity contribution < 1.29 is 4.74 Å². The summed E-state index contributed by atoms with van der Waals surface area (Å²) in [5, 5.41) is 1.02. The molecule has 0 bridgehead atoms. The lowest BCUT2D eigenvalue weighted by Gasteiger charge is -2.28. The zero-order valence-corrected chi connectivity index (χ0v) is 17.9. The number of nitrogens with zero attached hydrogens (tertiary/aromatic N) is 3. The minimum Gasteiger partial charge on any atom is -0.378 e. The van der Waals surface area contributed by atoms with Crippen molar-refractivity contribution in [3.63, 3.8) is 0 Å². The summed E-state index contributed by atoms with van der Waals surface area (Å²) in [5.41, 5.74) is 7.42. The Morgan fingerprint density at radius 3 is 2.68 bits per heavy atom. The second-order valence-corrected chi connectivity index (χ2v) is 8.19. The van der Waals surface area contributed by atoms with Crippen LogP contribution in [0.3, 0.4) is 0 Å². The average Bonchev–Trinajstić information content (AvgIpc) is 3.21. The topological polar surface area (TPSA) is 63.1 Å². The number of aromatic nitrogens is 3. The van der Waals surface area contributed by atoms with E-state index in [1.54, 1.807) is 10.6 Å². The molecule has 158 valence electrons. The normalized spacial score (nSPS) is 14.3. The zero-order chi connectivity index (χ0) is 21.4. The van der Waals surface area contributed by atoms with Gasteiger partial charge >= 0.3 is 0 Å². The first-order valence-corrected chi connectivity index (χ1v) is 10.7. The van der Waals surface area contributed by atoms with Crippen molar-refractivity contribution >= 4 is 16.7 Å². The third-order valence-electron chi connectivity index (χ3n) is 6.12. The first kappa shape index (κ1) is 19.6. The summed E-state index contributed by atoms with van der Waals surface area (Å²) in [6, 6.07) is 12.2. The molecule has 1 aliphatic heterocycles. The molecule has 0 saturated carbocycles. The molecule has 0 radical (unpaired) electrons. The molecular formula is C25H26N4O2. The van der Waals surface area contributed by atoms with E-state index >= 15 is 0 Å². The summed E-state index contributed by atoms with van der Waals surface area (Å²) in [6.45, 7) is 7.95. The van der Waals surface area contributed by atoms with Gasteiger partial charge in [0.05, 0.1) is 31.6 Å². The number of nitrogens with one attached hydrogen (secondary N) is 1. The first-order valence-electron chi connectivity index (χ1n) is 10.7. The SMILES string of the molecule is Cc1ccc(Cn2ccc(-c3c[nH]c4ncc(N5CCOCC5)cc34)cc2=O)cc1C. The fourth-order valence-corrected chi connectivity index (χ4v) is 4.13. The van der Waals surface area contributed by atoms with Crippen LogP contribution in [0.4, 0.5) is 5.69 Å². The van der Waals surface area contributed by atoms with Crippen LogP contribution in [0.15, 0.2) is 59.8 Å². The van der Waals surface area contributed by atoms with Gasteiger partial charge in [0, 0.05) is 42.5 Å². The molecule has 0 unspecified atom stereocenters. The number of aromatic amines is 1. The van der Waals surface area contributed by atoms with Crippen molar-refractivity contribution in [2.45, 2.75) is 20.4 Å². The highest BCUT2D eigenvalue weighted by Crippen LogP contribution is 2.30. The number of hydrogen-bond donors (Lipinski definition) is 1. The van der Waals surface area contributed by atoms with Gasteiger partial charge in [0.15, 0.2) is 0 Å². The van der Waals surface area contributed by atoms with Crippen LogP contribution in [-0.4, -0.2) is 40.8 Å². The molecule has 0 spiro atoms. The Morgan fingerprint density at radius 2 is 1.90 bits per heavy atom. The molecule has 1 saturated heterocycles. The maximum absolute atomic E-state index is 12.9. The van der Waals surface area contributed by atoms with E-state index in [0.29, 0.717) is 6.54 Å². The van der Waals surface area contributed by atoms with E-state index in [0.717, 1.165) is 59.7 Å². The number of benzene rings is 1. The van der Waals surface area contributed by atoms with Crippen LogP contribution >= 0.6 is 0 Å². The molecule has 1 aromatic carbocycles. The van der Waals surface area contributed by atoms with Gasteiger partial charge in [-0.3, -0.25) is 4.79 Å². The summed E-state index contributed by atoms with van der Waals surface area (Å²) >= 11 is 0. The number of aryl methyl sites for hydroxylation is 2. The monoisotopic (exact) mass is 414 g/mol. The van der Waals surface area contributed by atoms with E-state index < -0.39 is 0 Å². The van der Waals surface area contributed by atoms with Crippen LogP contribution in [0.25, 0.3) is 22.2 Å². The lowest BCUT2D eigenvalue weighted by atomic mass is 10.1. The third-order valence-corrected chi connectivity index (χ3v) is 6.12. The second-order valence-electron chi connectivity index (χ2n) is 8.19. The van der Waals surface area contributed by atoms with Gasteiger partial charge in [-0.05, 0) is 48.2 Å². The molecule has 1 aliphatic rings. The summed E-state index contributed by atoms with van der Waals surface area (Å²) in [7, 11) is 0. The molecule has 4 aromatic rings. The van der Waals surface area contributed by atoms with Gasteiger partial charge in [0.25, 0.3) is 5.56 Å². The summed E-state index contributed by atoms with van der Waals surface area (Å²) in [5.74, 6) is 0. The number of ether oxygens (including phenoxy) is 1. The standard InChI is InChI=1S/C25H26N4O2/c1-17-3-4-19(11-18(17)2)16-29-6-5-20(12-24(29)30)23-15-27-25-22(23)13-21(14-26-25)28-7-9-31-10-8-28/h3-6,11-15H,7-10,16H2,1-2H3,(H,26,27). The van der Waals surface area contributed by atoms with Gasteiger partial charge < -0.3 is 19.2 Å². The molecule has 4 heterocycles. The summed E-state index contributed by atoms with van der Waals surface area (Å²) in [6.07, 6.45) is 5.71. The fourth-order valence-electron chi connectivity index (χ4n) is 4.13. The molecule has 6 nitrogen and oxygen atoms in total. The highest BCUT2D eigenvalue weighted by atomic mass is 16.5. The average molecular weight is 415 g/mol. The molecule has 5 rings (SSSR count). The second kappa shape index (κ2) is 8.04. The van der Waals surface area contributed by atoms with E-state index in [1.165, 1.54) is 11.1 Å². The van der Waals surface area contributed by atoms with Crippen LogP contribution in [0.2, 0.25) is 0 Å². The minimum atomic E-state index is -0.0117. The number of rotatable bonds is 4. The predicted octanol–water partition coefficient (Wildman–Crippen LogP) is 3.89. The Morgan fingerprint density at radius 1 is 1.06 bits per heavy atom. The summed E-state index contributed by atoms with van der Waals surface area (Å²) < 4.78 is 7.21. The number of fused-ring (bicyclic) bond motifs is 1. The van der Waals surface area contributed by atoms with Crippen molar-refractivity contribution in [1.29, 1.82) is 0 Å². The van der Waals surface area contributed by atoms with E-state index in [9.17, 15) is 4.79 Å². The van der Waals surface area contributed by atoms with Gasteiger partial charge in [0.2, 0.25) is 0 Å². The smallest absolute Gasteiger partial charge is 0.251 e. The van der Waals surface area contributed by atoms with E-state index in [1.807, 2.05) is 24.7 Å². The lowest BCUT2D eigenvalue weighted by Crippen LogP contribution is -2.36. The minimum absolute atomic E-state index is 0.0117. The summed E-state index contributed by atoms with van der Waals surface area (Å²) in [4.78, 5) is 23.0. The molecule has 6 heteroatoms. The zero-order valence-electron chi connectivity index (χ0n) is 17.9.